The number of hydrogen-bond donors (Lipinski definition) is 2. The molecule has 1 aromatic heterocycles. The minimum atomic E-state index is 0.325. The van der Waals surface area contributed by atoms with E-state index < -0.39 is 0 Å². The average Bonchev–Trinajstić information content (AvgIpc) is 2.97. The van der Waals surface area contributed by atoms with Crippen LogP contribution < -0.4 is 15.4 Å². The summed E-state index contributed by atoms with van der Waals surface area (Å²) >= 11 is 0. The molecule has 0 spiro atoms. The molecule has 2 rings (SSSR count). The van der Waals surface area contributed by atoms with E-state index in [4.69, 9.17) is 4.74 Å². The summed E-state index contributed by atoms with van der Waals surface area (Å²) in [4.78, 5) is 11.1. The molecule has 1 aromatic rings. The molecule has 2 N–H and O–H groups in total. The van der Waals surface area contributed by atoms with E-state index in [2.05, 4.69) is 39.3 Å². The summed E-state index contributed by atoms with van der Waals surface area (Å²) in [5.41, 5.74) is 0. The smallest absolute Gasteiger partial charge is 0.204 e. The highest BCUT2D eigenvalue weighted by atomic mass is 16.5. The lowest BCUT2D eigenvalue weighted by atomic mass is 10.3. The fourth-order valence-electron chi connectivity index (χ4n) is 2.67. The van der Waals surface area contributed by atoms with Gasteiger partial charge in [0.05, 0.1) is 7.11 Å². The first-order valence-electron chi connectivity index (χ1n) is 7.86. The van der Waals surface area contributed by atoms with Gasteiger partial charge in [-0.05, 0) is 39.3 Å². The van der Waals surface area contributed by atoms with Gasteiger partial charge in [-0.25, -0.2) is 9.97 Å². The maximum Gasteiger partial charge on any atom is 0.204 e. The van der Waals surface area contributed by atoms with Crippen LogP contribution in [0.15, 0.2) is 6.33 Å². The second-order valence-electron chi connectivity index (χ2n) is 5.58. The maximum atomic E-state index is 5.48. The monoisotopic (exact) mass is 293 g/mol. The molecule has 0 saturated carbocycles. The lowest BCUT2D eigenvalue weighted by Crippen LogP contribution is -2.33. The second-order valence-corrected chi connectivity index (χ2v) is 5.58. The molecular formula is C15H27N5O. The number of likely N-dealkylation sites (tertiary alicyclic amines) is 1. The number of hydrogen-bond acceptors (Lipinski definition) is 6. The van der Waals surface area contributed by atoms with Crippen LogP contribution in [0.2, 0.25) is 0 Å². The van der Waals surface area contributed by atoms with Crippen molar-refractivity contribution in [2.24, 2.45) is 0 Å². The van der Waals surface area contributed by atoms with E-state index in [0.29, 0.717) is 11.8 Å². The highest BCUT2D eigenvalue weighted by Crippen LogP contribution is 2.29. The molecule has 0 amide bonds. The van der Waals surface area contributed by atoms with Gasteiger partial charge in [-0.15, -0.1) is 0 Å². The number of nitrogens with one attached hydrogen (secondary N) is 2. The SMILES string of the molecule is CCCNc1ncnc(NC(C)CN2CCCC2)c1OC. The van der Waals surface area contributed by atoms with E-state index in [1.165, 1.54) is 25.9 Å². The van der Waals surface area contributed by atoms with Crippen LogP contribution in [-0.2, 0) is 0 Å². The van der Waals surface area contributed by atoms with E-state index in [1.54, 1.807) is 13.4 Å². The van der Waals surface area contributed by atoms with E-state index in [0.717, 1.165) is 31.1 Å². The van der Waals surface area contributed by atoms with Gasteiger partial charge in [0, 0.05) is 19.1 Å². The fourth-order valence-corrected chi connectivity index (χ4v) is 2.67. The molecule has 2 heterocycles. The molecule has 1 aliphatic heterocycles. The van der Waals surface area contributed by atoms with Gasteiger partial charge in [-0.2, -0.15) is 0 Å². The molecule has 0 aromatic carbocycles. The summed E-state index contributed by atoms with van der Waals surface area (Å²) in [5, 5.41) is 6.72. The molecular weight excluding hydrogens is 266 g/mol. The van der Waals surface area contributed by atoms with Crippen LogP contribution in [0.3, 0.4) is 0 Å². The van der Waals surface area contributed by atoms with Crippen molar-refractivity contribution in [3.63, 3.8) is 0 Å². The molecule has 1 atom stereocenters. The van der Waals surface area contributed by atoms with Crippen molar-refractivity contribution >= 4 is 11.6 Å². The normalized spacial score (nSPS) is 16.7. The quantitative estimate of drug-likeness (QED) is 0.766. The lowest BCUT2D eigenvalue weighted by Gasteiger charge is -2.22. The first-order valence-corrected chi connectivity index (χ1v) is 7.86. The Balaban J connectivity index is 2.00. The van der Waals surface area contributed by atoms with E-state index in [1.807, 2.05) is 0 Å². The number of ether oxygens (including phenoxy) is 1. The van der Waals surface area contributed by atoms with Crippen LogP contribution in [0.5, 0.6) is 5.75 Å². The summed E-state index contributed by atoms with van der Waals surface area (Å²) in [6.45, 7) is 8.62. The van der Waals surface area contributed by atoms with Crippen molar-refractivity contribution in [2.75, 3.05) is 43.9 Å². The Morgan fingerprint density at radius 2 is 2.00 bits per heavy atom. The number of aromatic nitrogens is 2. The van der Waals surface area contributed by atoms with Gasteiger partial charge in [0.15, 0.2) is 11.6 Å². The zero-order valence-electron chi connectivity index (χ0n) is 13.4. The molecule has 1 saturated heterocycles. The molecule has 1 unspecified atom stereocenters. The Hall–Kier alpha value is -1.56. The van der Waals surface area contributed by atoms with Crippen LogP contribution in [0.4, 0.5) is 11.6 Å². The Labute approximate surface area is 127 Å². The van der Waals surface area contributed by atoms with E-state index in [9.17, 15) is 0 Å². The first-order chi connectivity index (χ1) is 10.2. The topological polar surface area (TPSA) is 62.3 Å². The van der Waals surface area contributed by atoms with Gasteiger partial charge in [0.1, 0.15) is 6.33 Å². The molecule has 0 radical (unpaired) electrons. The van der Waals surface area contributed by atoms with Crippen molar-refractivity contribution in [2.45, 2.75) is 39.2 Å². The second kappa shape index (κ2) is 8.02. The highest BCUT2D eigenvalue weighted by Gasteiger charge is 2.17. The number of nitrogens with zero attached hydrogens (tertiary/aromatic N) is 3. The molecule has 0 bridgehead atoms. The van der Waals surface area contributed by atoms with Crippen molar-refractivity contribution in [3.8, 4) is 5.75 Å². The minimum Gasteiger partial charge on any atom is -0.490 e. The van der Waals surface area contributed by atoms with Gasteiger partial charge in [0.2, 0.25) is 5.75 Å². The zero-order valence-corrected chi connectivity index (χ0v) is 13.4. The summed E-state index contributed by atoms with van der Waals surface area (Å²) in [5.74, 6) is 2.21. The number of rotatable bonds is 8. The van der Waals surface area contributed by atoms with Crippen LogP contribution in [0, 0.1) is 0 Å². The van der Waals surface area contributed by atoms with Gasteiger partial charge < -0.3 is 20.3 Å². The summed E-state index contributed by atoms with van der Waals surface area (Å²) < 4.78 is 5.48. The first kappa shape index (κ1) is 15.8. The fraction of sp³-hybridized carbons (Fsp3) is 0.733. The van der Waals surface area contributed by atoms with E-state index in [-0.39, 0.29) is 0 Å². The van der Waals surface area contributed by atoms with Crippen LogP contribution >= 0.6 is 0 Å². The van der Waals surface area contributed by atoms with Gasteiger partial charge in [0.25, 0.3) is 0 Å². The van der Waals surface area contributed by atoms with Crippen molar-refractivity contribution in [1.82, 2.24) is 14.9 Å². The summed E-state index contributed by atoms with van der Waals surface area (Å²) in [6.07, 6.45) is 5.25. The van der Waals surface area contributed by atoms with Crippen molar-refractivity contribution in [3.05, 3.63) is 6.33 Å². The van der Waals surface area contributed by atoms with Gasteiger partial charge in [-0.3, -0.25) is 0 Å². The Morgan fingerprint density at radius 1 is 1.29 bits per heavy atom. The standard InChI is InChI=1S/C15H27N5O/c1-4-7-16-14-13(21-3)15(18-11-17-14)19-12(2)10-20-8-5-6-9-20/h11-12H,4-10H2,1-3H3,(H2,16,17,18,19). The molecule has 0 aliphatic carbocycles. The summed E-state index contributed by atoms with van der Waals surface area (Å²) in [7, 11) is 1.66. The van der Waals surface area contributed by atoms with Crippen LogP contribution in [-0.4, -0.2) is 54.2 Å². The van der Waals surface area contributed by atoms with Crippen molar-refractivity contribution in [1.29, 1.82) is 0 Å². The predicted molar refractivity (Wildman–Crippen MR) is 86.1 cm³/mol. The number of methoxy groups -OCH3 is 1. The largest absolute Gasteiger partial charge is 0.490 e. The number of anilines is 2. The van der Waals surface area contributed by atoms with E-state index >= 15 is 0 Å². The van der Waals surface area contributed by atoms with Crippen LogP contribution in [0.25, 0.3) is 0 Å². The molecule has 6 nitrogen and oxygen atoms in total. The Kier molecular flexibility index (Phi) is 6.04. The maximum absolute atomic E-state index is 5.48. The lowest BCUT2D eigenvalue weighted by molar-refractivity contribution is 0.327. The Bertz CT molecular complexity index is 434. The third-order valence-electron chi connectivity index (χ3n) is 3.66. The molecule has 1 aliphatic rings. The third-order valence-corrected chi connectivity index (χ3v) is 3.66. The predicted octanol–water partition coefficient (Wildman–Crippen LogP) is 2.20. The van der Waals surface area contributed by atoms with Gasteiger partial charge in [-0.1, -0.05) is 6.92 Å². The molecule has 6 heteroatoms. The average molecular weight is 293 g/mol. The van der Waals surface area contributed by atoms with Gasteiger partial charge >= 0.3 is 0 Å². The minimum absolute atomic E-state index is 0.325. The Morgan fingerprint density at radius 3 is 2.67 bits per heavy atom. The third kappa shape index (κ3) is 4.46. The molecule has 1 fully saturated rings. The zero-order chi connectivity index (χ0) is 15.1. The highest BCUT2D eigenvalue weighted by molar-refractivity contribution is 5.63. The molecule has 118 valence electrons. The summed E-state index contributed by atoms with van der Waals surface area (Å²) in [6, 6.07) is 0.325. The van der Waals surface area contributed by atoms with Crippen LogP contribution in [0.1, 0.15) is 33.1 Å². The van der Waals surface area contributed by atoms with Crippen molar-refractivity contribution < 1.29 is 4.74 Å². The molecule has 21 heavy (non-hydrogen) atoms.